The van der Waals surface area contributed by atoms with Gasteiger partial charge < -0.3 is 15.4 Å². The van der Waals surface area contributed by atoms with Crippen LogP contribution in [0.4, 0.5) is 10.5 Å². The van der Waals surface area contributed by atoms with Gasteiger partial charge in [-0.05, 0) is 18.3 Å². The Bertz CT molecular complexity index is 337. The molecule has 0 aliphatic carbocycles. The fourth-order valence-corrected chi connectivity index (χ4v) is 0.961. The van der Waals surface area contributed by atoms with Gasteiger partial charge in [0, 0.05) is 11.8 Å². The van der Waals surface area contributed by atoms with E-state index in [9.17, 15) is 4.79 Å². The van der Waals surface area contributed by atoms with Crippen LogP contribution in [0.5, 0.6) is 5.75 Å². The third-order valence-electron chi connectivity index (χ3n) is 1.56. The maximum atomic E-state index is 11.1. The van der Waals surface area contributed by atoms with Crippen LogP contribution in [0.2, 0.25) is 0 Å². The summed E-state index contributed by atoms with van der Waals surface area (Å²) >= 11 is 0. The van der Waals surface area contributed by atoms with Gasteiger partial charge in [0.25, 0.3) is 0 Å². The molecule has 0 saturated carbocycles. The molecular weight excluding hydrogens is 180 g/mol. The van der Waals surface area contributed by atoms with E-state index in [1.165, 1.54) is 6.20 Å². The van der Waals surface area contributed by atoms with Crippen LogP contribution in [-0.4, -0.2) is 13.1 Å². The molecule has 1 aromatic carbocycles. The minimum Gasteiger partial charge on any atom is -0.497 e. The standard InChI is InChI=1S/C10H12N2O2/c1-3-11-10(13)12-8-5-4-6-9(7-8)14-2/h3-7H,1H2,2H3,(H2,11,12,13). The second kappa shape index (κ2) is 4.91. The Balaban J connectivity index is 2.66. The maximum Gasteiger partial charge on any atom is 0.323 e. The first kappa shape index (κ1) is 10.1. The van der Waals surface area contributed by atoms with E-state index in [2.05, 4.69) is 17.2 Å². The minimum atomic E-state index is -0.326. The number of hydrogen-bond donors (Lipinski definition) is 2. The molecule has 1 rings (SSSR count). The van der Waals surface area contributed by atoms with Gasteiger partial charge in [-0.25, -0.2) is 4.79 Å². The van der Waals surface area contributed by atoms with Gasteiger partial charge in [-0.3, -0.25) is 0 Å². The maximum absolute atomic E-state index is 11.1. The van der Waals surface area contributed by atoms with Crippen LogP contribution < -0.4 is 15.4 Å². The Labute approximate surface area is 82.6 Å². The highest BCUT2D eigenvalue weighted by Crippen LogP contribution is 2.16. The molecule has 0 bridgehead atoms. The van der Waals surface area contributed by atoms with Crippen molar-refractivity contribution in [1.82, 2.24) is 5.32 Å². The van der Waals surface area contributed by atoms with Crippen LogP contribution in [0.1, 0.15) is 0 Å². The first-order valence-electron chi connectivity index (χ1n) is 4.08. The number of amides is 2. The van der Waals surface area contributed by atoms with Crippen LogP contribution in [0.15, 0.2) is 37.0 Å². The predicted molar refractivity (Wildman–Crippen MR) is 55.3 cm³/mol. The van der Waals surface area contributed by atoms with Crippen molar-refractivity contribution in [3.63, 3.8) is 0 Å². The normalized spacial score (nSPS) is 8.93. The van der Waals surface area contributed by atoms with Crippen LogP contribution in [0, 0.1) is 0 Å². The summed E-state index contributed by atoms with van der Waals surface area (Å²) in [5, 5.41) is 5.02. The molecule has 4 nitrogen and oxygen atoms in total. The summed E-state index contributed by atoms with van der Waals surface area (Å²) in [5.74, 6) is 0.696. The van der Waals surface area contributed by atoms with E-state index in [-0.39, 0.29) is 6.03 Å². The largest absolute Gasteiger partial charge is 0.497 e. The Morgan fingerprint density at radius 2 is 2.36 bits per heavy atom. The highest BCUT2D eigenvalue weighted by molar-refractivity contribution is 5.89. The molecule has 14 heavy (non-hydrogen) atoms. The Morgan fingerprint density at radius 3 is 3.00 bits per heavy atom. The lowest BCUT2D eigenvalue weighted by molar-refractivity contribution is 0.255. The number of hydrogen-bond acceptors (Lipinski definition) is 2. The van der Waals surface area contributed by atoms with E-state index in [4.69, 9.17) is 4.74 Å². The lowest BCUT2D eigenvalue weighted by Crippen LogP contribution is -2.23. The van der Waals surface area contributed by atoms with Gasteiger partial charge in [0.15, 0.2) is 0 Å². The van der Waals surface area contributed by atoms with Gasteiger partial charge in [-0.2, -0.15) is 0 Å². The topological polar surface area (TPSA) is 50.4 Å². The molecule has 0 aliphatic rings. The summed E-state index contributed by atoms with van der Waals surface area (Å²) in [5.41, 5.74) is 0.670. The van der Waals surface area contributed by atoms with Crippen molar-refractivity contribution in [2.45, 2.75) is 0 Å². The molecule has 0 aliphatic heterocycles. The third kappa shape index (κ3) is 2.82. The minimum absolute atomic E-state index is 0.326. The SMILES string of the molecule is C=CNC(=O)Nc1cccc(OC)c1. The lowest BCUT2D eigenvalue weighted by atomic mass is 10.3. The second-order valence-electron chi connectivity index (χ2n) is 2.53. The van der Waals surface area contributed by atoms with Gasteiger partial charge in [0.05, 0.1) is 7.11 Å². The number of rotatable bonds is 3. The highest BCUT2D eigenvalue weighted by Gasteiger charge is 1.99. The molecule has 0 fully saturated rings. The summed E-state index contributed by atoms with van der Waals surface area (Å²) < 4.78 is 5.00. The molecule has 0 unspecified atom stereocenters. The van der Waals surface area contributed by atoms with Crippen LogP contribution in [0.25, 0.3) is 0 Å². The molecule has 0 spiro atoms. The van der Waals surface area contributed by atoms with E-state index >= 15 is 0 Å². The zero-order valence-corrected chi connectivity index (χ0v) is 7.91. The Morgan fingerprint density at radius 1 is 1.57 bits per heavy atom. The number of anilines is 1. The highest BCUT2D eigenvalue weighted by atomic mass is 16.5. The number of benzene rings is 1. The molecular formula is C10H12N2O2. The summed E-state index contributed by atoms with van der Waals surface area (Å²) in [6.45, 7) is 3.38. The smallest absolute Gasteiger partial charge is 0.323 e. The number of ether oxygens (including phenoxy) is 1. The average Bonchev–Trinajstić information content (AvgIpc) is 2.18. The molecule has 0 heterocycles. The summed E-state index contributed by atoms with van der Waals surface area (Å²) in [7, 11) is 1.57. The van der Waals surface area contributed by atoms with Crippen LogP contribution in [0.3, 0.4) is 0 Å². The Hall–Kier alpha value is -1.97. The molecule has 0 aromatic heterocycles. The van der Waals surface area contributed by atoms with Gasteiger partial charge in [-0.15, -0.1) is 0 Å². The van der Waals surface area contributed by atoms with E-state index in [1.54, 1.807) is 31.4 Å². The first-order valence-corrected chi connectivity index (χ1v) is 4.08. The summed E-state index contributed by atoms with van der Waals surface area (Å²) in [4.78, 5) is 11.1. The van der Waals surface area contributed by atoms with Crippen LogP contribution in [-0.2, 0) is 0 Å². The van der Waals surface area contributed by atoms with Gasteiger partial charge >= 0.3 is 6.03 Å². The molecule has 74 valence electrons. The van der Waals surface area contributed by atoms with Crippen molar-refractivity contribution in [2.24, 2.45) is 0 Å². The monoisotopic (exact) mass is 192 g/mol. The first-order chi connectivity index (χ1) is 6.76. The number of carbonyl (C=O) groups is 1. The van der Waals surface area contributed by atoms with Crippen molar-refractivity contribution in [3.05, 3.63) is 37.0 Å². The molecule has 2 amide bonds. The molecule has 1 aromatic rings. The fourth-order valence-electron chi connectivity index (χ4n) is 0.961. The van der Waals surface area contributed by atoms with Crippen LogP contribution >= 0.6 is 0 Å². The van der Waals surface area contributed by atoms with E-state index in [0.29, 0.717) is 11.4 Å². The summed E-state index contributed by atoms with van der Waals surface area (Å²) in [6, 6.07) is 6.76. The quantitative estimate of drug-likeness (QED) is 0.769. The zero-order chi connectivity index (χ0) is 10.4. The van der Waals surface area contributed by atoms with Crippen molar-refractivity contribution in [2.75, 3.05) is 12.4 Å². The van der Waals surface area contributed by atoms with Gasteiger partial charge in [0.2, 0.25) is 0 Å². The summed E-state index contributed by atoms with van der Waals surface area (Å²) in [6.07, 6.45) is 1.31. The van der Waals surface area contributed by atoms with Crippen molar-refractivity contribution >= 4 is 11.7 Å². The number of carbonyl (C=O) groups excluding carboxylic acids is 1. The molecule has 2 N–H and O–H groups in total. The second-order valence-corrected chi connectivity index (χ2v) is 2.53. The third-order valence-corrected chi connectivity index (χ3v) is 1.56. The van der Waals surface area contributed by atoms with Gasteiger partial charge in [0.1, 0.15) is 5.75 Å². The number of nitrogens with one attached hydrogen (secondary N) is 2. The molecule has 0 radical (unpaired) electrons. The van der Waals surface area contributed by atoms with E-state index in [1.807, 2.05) is 0 Å². The fraction of sp³-hybridized carbons (Fsp3) is 0.100. The number of urea groups is 1. The van der Waals surface area contributed by atoms with Crippen molar-refractivity contribution in [3.8, 4) is 5.75 Å². The van der Waals surface area contributed by atoms with Crippen molar-refractivity contribution < 1.29 is 9.53 Å². The molecule has 0 saturated heterocycles. The van der Waals surface area contributed by atoms with E-state index < -0.39 is 0 Å². The molecule has 0 atom stereocenters. The zero-order valence-electron chi connectivity index (χ0n) is 7.91. The number of methoxy groups -OCH3 is 1. The predicted octanol–water partition coefficient (Wildman–Crippen LogP) is 1.96. The Kier molecular flexibility index (Phi) is 3.55. The van der Waals surface area contributed by atoms with Crippen molar-refractivity contribution in [1.29, 1.82) is 0 Å². The van der Waals surface area contributed by atoms with Gasteiger partial charge in [-0.1, -0.05) is 12.6 Å². The van der Waals surface area contributed by atoms with E-state index in [0.717, 1.165) is 0 Å². The molecule has 4 heteroatoms. The average molecular weight is 192 g/mol. The lowest BCUT2D eigenvalue weighted by Gasteiger charge is -2.05.